The molecule has 0 saturated heterocycles. The molecular formula is C11H21F. The first kappa shape index (κ1) is 10.0. The van der Waals surface area contributed by atoms with E-state index >= 15 is 0 Å². The van der Waals surface area contributed by atoms with Gasteiger partial charge in [-0.15, -0.1) is 0 Å². The summed E-state index contributed by atoms with van der Waals surface area (Å²) in [5.41, 5.74) is 0.296. The Morgan fingerprint density at radius 2 is 1.75 bits per heavy atom. The Labute approximate surface area is 75.5 Å². The summed E-state index contributed by atoms with van der Waals surface area (Å²) in [5.74, 6) is 0.882. The molecule has 0 bridgehead atoms. The second kappa shape index (κ2) is 3.35. The van der Waals surface area contributed by atoms with Crippen LogP contribution >= 0.6 is 0 Å². The third kappa shape index (κ3) is 2.21. The van der Waals surface area contributed by atoms with Crippen LogP contribution in [0, 0.1) is 17.3 Å². The number of hydrogen-bond acceptors (Lipinski definition) is 0. The van der Waals surface area contributed by atoms with Crippen LogP contribution in [-0.4, -0.2) is 6.17 Å². The van der Waals surface area contributed by atoms with Gasteiger partial charge in [-0.25, -0.2) is 4.39 Å². The van der Waals surface area contributed by atoms with E-state index in [1.807, 2.05) is 6.92 Å². The fourth-order valence-electron chi connectivity index (χ4n) is 2.05. The Kier molecular flexibility index (Phi) is 2.80. The summed E-state index contributed by atoms with van der Waals surface area (Å²) >= 11 is 0. The summed E-state index contributed by atoms with van der Waals surface area (Å²) in [6.07, 6.45) is 2.52. The van der Waals surface area contributed by atoms with Crippen molar-refractivity contribution in [3.05, 3.63) is 0 Å². The van der Waals surface area contributed by atoms with Gasteiger partial charge in [-0.2, -0.15) is 0 Å². The molecule has 0 spiro atoms. The van der Waals surface area contributed by atoms with Crippen molar-refractivity contribution in [1.82, 2.24) is 0 Å². The van der Waals surface area contributed by atoms with E-state index in [0.29, 0.717) is 17.3 Å². The van der Waals surface area contributed by atoms with E-state index in [2.05, 4.69) is 20.8 Å². The third-order valence-corrected chi connectivity index (χ3v) is 3.32. The van der Waals surface area contributed by atoms with Gasteiger partial charge in [0.05, 0.1) is 0 Å². The lowest BCUT2D eigenvalue weighted by Gasteiger charge is -2.37. The van der Waals surface area contributed by atoms with Crippen molar-refractivity contribution in [2.24, 2.45) is 17.3 Å². The second-order valence-corrected chi connectivity index (χ2v) is 5.37. The van der Waals surface area contributed by atoms with Crippen molar-refractivity contribution in [3.8, 4) is 0 Å². The molecule has 1 fully saturated rings. The summed E-state index contributed by atoms with van der Waals surface area (Å²) in [5, 5.41) is 0. The average Bonchev–Trinajstić information content (AvgIpc) is 1.92. The highest BCUT2D eigenvalue weighted by Crippen LogP contribution is 2.40. The Morgan fingerprint density at radius 3 is 2.17 bits per heavy atom. The highest BCUT2D eigenvalue weighted by Gasteiger charge is 2.33. The van der Waals surface area contributed by atoms with Gasteiger partial charge >= 0.3 is 0 Å². The van der Waals surface area contributed by atoms with E-state index in [-0.39, 0.29) is 0 Å². The first-order valence-corrected chi connectivity index (χ1v) is 5.05. The van der Waals surface area contributed by atoms with Crippen molar-refractivity contribution in [3.63, 3.8) is 0 Å². The molecule has 0 N–H and O–H groups in total. The van der Waals surface area contributed by atoms with Crippen LogP contribution in [0.15, 0.2) is 0 Å². The minimum absolute atomic E-state index is 0.295. The zero-order chi connectivity index (χ0) is 9.35. The van der Waals surface area contributed by atoms with Crippen LogP contribution in [0.3, 0.4) is 0 Å². The van der Waals surface area contributed by atoms with Crippen LogP contribution < -0.4 is 0 Å². The Bertz CT molecular complexity index is 146. The van der Waals surface area contributed by atoms with Gasteiger partial charge < -0.3 is 0 Å². The minimum atomic E-state index is -0.553. The summed E-state index contributed by atoms with van der Waals surface area (Å²) in [6.45, 7) is 8.70. The molecule has 72 valence electrons. The second-order valence-electron chi connectivity index (χ2n) is 5.37. The van der Waals surface area contributed by atoms with Crippen molar-refractivity contribution in [2.45, 2.75) is 53.1 Å². The van der Waals surface area contributed by atoms with E-state index in [4.69, 9.17) is 0 Å². The molecule has 3 unspecified atom stereocenters. The zero-order valence-corrected chi connectivity index (χ0v) is 8.73. The van der Waals surface area contributed by atoms with Gasteiger partial charge in [-0.3, -0.25) is 0 Å². The fraction of sp³-hybridized carbons (Fsp3) is 1.00. The molecule has 3 atom stereocenters. The molecule has 0 aromatic heterocycles. The molecule has 12 heavy (non-hydrogen) atoms. The first-order valence-electron chi connectivity index (χ1n) is 5.05. The van der Waals surface area contributed by atoms with E-state index in [9.17, 15) is 4.39 Å². The van der Waals surface area contributed by atoms with Gasteiger partial charge in [-0.1, -0.05) is 27.7 Å². The molecule has 1 saturated carbocycles. The Hall–Kier alpha value is -0.0700. The SMILES string of the molecule is CC1CCC(C(C)(C)C)CC1F. The van der Waals surface area contributed by atoms with Crippen LogP contribution in [0.25, 0.3) is 0 Å². The predicted octanol–water partition coefficient (Wildman–Crippen LogP) is 3.81. The van der Waals surface area contributed by atoms with Crippen molar-refractivity contribution < 1.29 is 4.39 Å². The van der Waals surface area contributed by atoms with Crippen LogP contribution in [-0.2, 0) is 0 Å². The average molecular weight is 172 g/mol. The summed E-state index contributed by atoms with van der Waals surface area (Å²) < 4.78 is 13.4. The molecule has 1 rings (SSSR count). The molecule has 0 aliphatic heterocycles. The molecular weight excluding hydrogens is 151 g/mol. The van der Waals surface area contributed by atoms with Gasteiger partial charge in [0.2, 0.25) is 0 Å². The van der Waals surface area contributed by atoms with Gasteiger partial charge in [-0.05, 0) is 36.5 Å². The van der Waals surface area contributed by atoms with Gasteiger partial charge in [0.1, 0.15) is 6.17 Å². The zero-order valence-electron chi connectivity index (χ0n) is 8.73. The maximum Gasteiger partial charge on any atom is 0.103 e. The molecule has 0 amide bonds. The number of halogens is 1. The Balaban J connectivity index is 2.51. The maximum atomic E-state index is 13.4. The van der Waals surface area contributed by atoms with Gasteiger partial charge in [0.15, 0.2) is 0 Å². The van der Waals surface area contributed by atoms with Crippen molar-refractivity contribution >= 4 is 0 Å². The predicted molar refractivity (Wildman–Crippen MR) is 50.9 cm³/mol. The van der Waals surface area contributed by atoms with E-state index in [1.165, 1.54) is 6.42 Å². The van der Waals surface area contributed by atoms with E-state index < -0.39 is 6.17 Å². The monoisotopic (exact) mass is 172 g/mol. The van der Waals surface area contributed by atoms with E-state index in [0.717, 1.165) is 12.8 Å². The summed E-state index contributed by atoms with van der Waals surface area (Å²) in [6, 6.07) is 0. The van der Waals surface area contributed by atoms with Crippen LogP contribution in [0.2, 0.25) is 0 Å². The molecule has 1 aliphatic rings. The highest BCUT2D eigenvalue weighted by molar-refractivity contribution is 4.83. The number of hydrogen-bond donors (Lipinski definition) is 0. The third-order valence-electron chi connectivity index (χ3n) is 3.32. The molecule has 0 radical (unpaired) electrons. The lowest BCUT2D eigenvalue weighted by Crippen LogP contribution is -2.31. The molecule has 0 nitrogen and oxygen atoms in total. The fourth-order valence-corrected chi connectivity index (χ4v) is 2.05. The highest BCUT2D eigenvalue weighted by atomic mass is 19.1. The van der Waals surface area contributed by atoms with E-state index in [1.54, 1.807) is 0 Å². The Morgan fingerprint density at radius 1 is 1.17 bits per heavy atom. The van der Waals surface area contributed by atoms with Crippen LogP contribution in [0.5, 0.6) is 0 Å². The number of alkyl halides is 1. The molecule has 1 aliphatic carbocycles. The summed E-state index contributed by atoms with van der Waals surface area (Å²) in [7, 11) is 0. The van der Waals surface area contributed by atoms with Crippen molar-refractivity contribution in [2.75, 3.05) is 0 Å². The van der Waals surface area contributed by atoms with Crippen molar-refractivity contribution in [1.29, 1.82) is 0 Å². The molecule has 0 heterocycles. The quantitative estimate of drug-likeness (QED) is 0.521. The maximum absolute atomic E-state index is 13.4. The lowest BCUT2D eigenvalue weighted by molar-refractivity contribution is 0.0778. The largest absolute Gasteiger partial charge is 0.247 e. The molecule has 0 aromatic rings. The number of rotatable bonds is 0. The topological polar surface area (TPSA) is 0 Å². The molecule has 0 aromatic carbocycles. The summed E-state index contributed by atoms with van der Waals surface area (Å²) in [4.78, 5) is 0. The minimum Gasteiger partial charge on any atom is -0.247 e. The normalized spacial score (nSPS) is 38.2. The van der Waals surface area contributed by atoms with Gasteiger partial charge in [0, 0.05) is 0 Å². The van der Waals surface area contributed by atoms with Gasteiger partial charge in [0.25, 0.3) is 0 Å². The van der Waals surface area contributed by atoms with Crippen LogP contribution in [0.1, 0.15) is 47.0 Å². The molecule has 1 heteroatoms. The van der Waals surface area contributed by atoms with Crippen LogP contribution in [0.4, 0.5) is 4.39 Å². The first-order chi connectivity index (χ1) is 5.41. The standard InChI is InChI=1S/C11H21F/c1-8-5-6-9(7-10(8)12)11(2,3)4/h8-10H,5-7H2,1-4H3. The smallest absolute Gasteiger partial charge is 0.103 e. The lowest BCUT2D eigenvalue weighted by atomic mass is 9.69.